The average Bonchev–Trinajstić information content (AvgIpc) is 3.16. The second-order valence-corrected chi connectivity index (χ2v) is 7.64. The summed E-state index contributed by atoms with van der Waals surface area (Å²) in [6.45, 7) is 0.631. The third-order valence-corrected chi connectivity index (χ3v) is 5.52. The Balaban J connectivity index is 1.27. The van der Waals surface area contributed by atoms with Gasteiger partial charge in [0.2, 0.25) is 0 Å². The van der Waals surface area contributed by atoms with Crippen LogP contribution >= 0.6 is 0 Å². The van der Waals surface area contributed by atoms with Gasteiger partial charge in [0.15, 0.2) is 5.78 Å². The number of fused-ring (bicyclic) bond motifs is 3. The lowest BCUT2D eigenvalue weighted by Gasteiger charge is -2.14. The van der Waals surface area contributed by atoms with E-state index in [4.69, 9.17) is 10.00 Å². The number of amides is 1. The van der Waals surface area contributed by atoms with Crippen LogP contribution in [0.25, 0.3) is 11.1 Å². The number of nitrogens with one attached hydrogen (secondary N) is 1. The first-order valence-electron chi connectivity index (χ1n) is 10.8. The van der Waals surface area contributed by atoms with E-state index in [2.05, 4.69) is 41.4 Å². The van der Waals surface area contributed by atoms with Crippen LogP contribution in [0, 0.1) is 23.2 Å². The van der Waals surface area contributed by atoms with Gasteiger partial charge in [-0.25, -0.2) is 4.79 Å². The maximum Gasteiger partial charge on any atom is 0.407 e. The summed E-state index contributed by atoms with van der Waals surface area (Å²) >= 11 is 0. The number of alkyl carbamates (subject to hydrolysis) is 1. The number of ketones is 1. The quantitative estimate of drug-likeness (QED) is 0.334. The molecule has 3 aromatic carbocycles. The number of nitrogens with zero attached hydrogens (tertiary/aromatic N) is 1. The van der Waals surface area contributed by atoms with Crippen molar-refractivity contribution >= 4 is 11.9 Å². The standard InChI is InChI=1S/C28H22N2O3/c29-16-15-27(31)21-10-7-9-20(18-21)8-5-6-17-30-28(32)33-19-26-24-13-3-1-11-22(24)23-12-2-4-14-25(23)26/h1-4,7,9-14,18,26H,6,15,17,19H2,(H,30,32). The summed E-state index contributed by atoms with van der Waals surface area (Å²) in [4.78, 5) is 24.0. The number of hydrogen-bond acceptors (Lipinski definition) is 4. The van der Waals surface area contributed by atoms with Gasteiger partial charge in [0, 0.05) is 30.0 Å². The highest BCUT2D eigenvalue weighted by molar-refractivity contribution is 5.97. The van der Waals surface area contributed by atoms with Gasteiger partial charge in [-0.2, -0.15) is 5.26 Å². The summed E-state index contributed by atoms with van der Waals surface area (Å²) in [7, 11) is 0. The molecule has 4 rings (SSSR count). The predicted molar refractivity (Wildman–Crippen MR) is 126 cm³/mol. The second kappa shape index (κ2) is 10.3. The summed E-state index contributed by atoms with van der Waals surface area (Å²) in [5.41, 5.74) is 5.90. The lowest BCUT2D eigenvalue weighted by atomic mass is 9.98. The maximum atomic E-state index is 12.2. The van der Waals surface area contributed by atoms with E-state index in [0.29, 0.717) is 24.1 Å². The second-order valence-electron chi connectivity index (χ2n) is 7.64. The smallest absolute Gasteiger partial charge is 0.407 e. The number of benzene rings is 3. The van der Waals surface area contributed by atoms with Crippen molar-refractivity contribution in [3.8, 4) is 29.0 Å². The fourth-order valence-electron chi connectivity index (χ4n) is 3.99. The van der Waals surface area contributed by atoms with E-state index in [1.165, 1.54) is 22.3 Å². The average molecular weight is 434 g/mol. The van der Waals surface area contributed by atoms with E-state index < -0.39 is 6.09 Å². The molecule has 1 N–H and O–H groups in total. The van der Waals surface area contributed by atoms with Crippen molar-refractivity contribution in [1.82, 2.24) is 5.32 Å². The number of nitriles is 1. The lowest BCUT2D eigenvalue weighted by molar-refractivity contribution is 0.0997. The van der Waals surface area contributed by atoms with E-state index in [-0.39, 0.29) is 24.7 Å². The molecule has 1 aliphatic rings. The predicted octanol–water partition coefficient (Wildman–Crippen LogP) is 5.06. The van der Waals surface area contributed by atoms with Crippen molar-refractivity contribution in [3.05, 3.63) is 95.1 Å². The van der Waals surface area contributed by atoms with Crippen molar-refractivity contribution in [1.29, 1.82) is 5.26 Å². The van der Waals surface area contributed by atoms with Crippen LogP contribution in [0.2, 0.25) is 0 Å². The molecule has 162 valence electrons. The van der Waals surface area contributed by atoms with Crippen LogP contribution in [0.5, 0.6) is 0 Å². The largest absolute Gasteiger partial charge is 0.449 e. The number of hydrogen-bond donors (Lipinski definition) is 1. The number of ether oxygens (including phenoxy) is 1. The Morgan fingerprint density at radius 2 is 1.64 bits per heavy atom. The van der Waals surface area contributed by atoms with Crippen LogP contribution in [-0.4, -0.2) is 25.0 Å². The molecule has 5 heteroatoms. The van der Waals surface area contributed by atoms with Gasteiger partial charge in [-0.05, 0) is 34.4 Å². The molecule has 0 heterocycles. The molecular weight excluding hydrogens is 412 g/mol. The summed E-state index contributed by atoms with van der Waals surface area (Å²) < 4.78 is 5.51. The van der Waals surface area contributed by atoms with Gasteiger partial charge in [0.05, 0.1) is 12.5 Å². The fourth-order valence-corrected chi connectivity index (χ4v) is 3.99. The molecule has 0 saturated carbocycles. The topological polar surface area (TPSA) is 79.2 Å². The van der Waals surface area contributed by atoms with Crippen LogP contribution in [0.4, 0.5) is 4.79 Å². The van der Waals surface area contributed by atoms with Crippen molar-refractivity contribution < 1.29 is 14.3 Å². The molecule has 0 spiro atoms. The normalized spacial score (nSPS) is 11.4. The van der Waals surface area contributed by atoms with Crippen LogP contribution in [0.1, 0.15) is 45.8 Å². The molecule has 0 unspecified atom stereocenters. The van der Waals surface area contributed by atoms with Crippen molar-refractivity contribution in [2.45, 2.75) is 18.8 Å². The van der Waals surface area contributed by atoms with E-state index in [0.717, 1.165) is 0 Å². The molecule has 1 aliphatic carbocycles. The Labute approximate surface area is 193 Å². The molecule has 33 heavy (non-hydrogen) atoms. The summed E-state index contributed by atoms with van der Waals surface area (Å²) in [5, 5.41) is 11.4. The zero-order valence-electron chi connectivity index (χ0n) is 18.0. The number of carbonyl (C=O) groups is 2. The third-order valence-electron chi connectivity index (χ3n) is 5.52. The molecule has 0 radical (unpaired) electrons. The van der Waals surface area contributed by atoms with Gasteiger partial charge in [0.25, 0.3) is 0 Å². The number of carbonyl (C=O) groups excluding carboxylic acids is 2. The minimum Gasteiger partial charge on any atom is -0.449 e. The maximum absolute atomic E-state index is 12.2. The summed E-state index contributed by atoms with van der Waals surface area (Å²) in [6, 6.07) is 25.2. The van der Waals surface area contributed by atoms with Crippen molar-refractivity contribution in [2.75, 3.05) is 13.2 Å². The third kappa shape index (κ3) is 5.11. The lowest BCUT2D eigenvalue weighted by Crippen LogP contribution is -2.26. The summed E-state index contributed by atoms with van der Waals surface area (Å²) in [6.07, 6.45) is -0.177. The Kier molecular flexibility index (Phi) is 6.83. The van der Waals surface area contributed by atoms with Gasteiger partial charge in [-0.3, -0.25) is 4.79 Å². The van der Waals surface area contributed by atoms with E-state index in [1.807, 2.05) is 30.3 Å². The van der Waals surface area contributed by atoms with Crippen LogP contribution < -0.4 is 5.32 Å². The molecular formula is C28H22N2O3. The SMILES string of the molecule is N#CCC(=O)c1cccc(C#CCCNC(=O)OCC2c3ccccc3-c3ccccc32)c1. The minimum atomic E-state index is -0.470. The first-order chi connectivity index (χ1) is 16.2. The Bertz CT molecular complexity index is 1250. The monoisotopic (exact) mass is 434 g/mol. The number of rotatable bonds is 6. The van der Waals surface area contributed by atoms with Crippen LogP contribution in [0.15, 0.2) is 72.8 Å². The highest BCUT2D eigenvalue weighted by Crippen LogP contribution is 2.44. The summed E-state index contributed by atoms with van der Waals surface area (Å²) in [5.74, 6) is 5.76. The van der Waals surface area contributed by atoms with Crippen molar-refractivity contribution in [2.24, 2.45) is 0 Å². The highest BCUT2D eigenvalue weighted by atomic mass is 16.5. The minimum absolute atomic E-state index is 0.0268. The van der Waals surface area contributed by atoms with Gasteiger partial charge in [-0.1, -0.05) is 72.5 Å². The first-order valence-corrected chi connectivity index (χ1v) is 10.8. The van der Waals surface area contributed by atoms with Crippen molar-refractivity contribution in [3.63, 3.8) is 0 Å². The highest BCUT2D eigenvalue weighted by Gasteiger charge is 2.28. The Morgan fingerprint density at radius 3 is 2.33 bits per heavy atom. The van der Waals surface area contributed by atoms with E-state index in [9.17, 15) is 9.59 Å². The fraction of sp³-hybridized carbons (Fsp3) is 0.179. The molecule has 1 amide bonds. The molecule has 3 aromatic rings. The molecule has 0 atom stereocenters. The molecule has 0 fully saturated rings. The molecule has 0 aliphatic heterocycles. The molecule has 0 bridgehead atoms. The molecule has 0 aromatic heterocycles. The Hall–Kier alpha value is -4.35. The zero-order valence-corrected chi connectivity index (χ0v) is 18.0. The van der Waals surface area contributed by atoms with Gasteiger partial charge in [0.1, 0.15) is 6.61 Å². The number of Topliss-reactive ketones (excluding diaryl/α,β-unsaturated/α-hetero) is 1. The van der Waals surface area contributed by atoms with Crippen LogP contribution in [-0.2, 0) is 4.74 Å². The molecule has 0 saturated heterocycles. The van der Waals surface area contributed by atoms with E-state index >= 15 is 0 Å². The van der Waals surface area contributed by atoms with Gasteiger partial charge in [-0.15, -0.1) is 0 Å². The van der Waals surface area contributed by atoms with Gasteiger partial charge < -0.3 is 10.1 Å². The van der Waals surface area contributed by atoms with Gasteiger partial charge >= 0.3 is 6.09 Å². The van der Waals surface area contributed by atoms with Crippen LogP contribution in [0.3, 0.4) is 0 Å². The molecule has 5 nitrogen and oxygen atoms in total. The zero-order chi connectivity index (χ0) is 23.0. The first kappa shape index (κ1) is 21.9. The Morgan fingerprint density at radius 1 is 0.939 bits per heavy atom. The van der Waals surface area contributed by atoms with E-state index in [1.54, 1.807) is 24.3 Å².